The van der Waals surface area contributed by atoms with E-state index in [1.54, 1.807) is 31.4 Å². The van der Waals surface area contributed by atoms with E-state index in [0.29, 0.717) is 5.56 Å². The van der Waals surface area contributed by atoms with Crippen molar-refractivity contribution in [2.45, 2.75) is 6.42 Å². The van der Waals surface area contributed by atoms with Gasteiger partial charge in [-0.15, -0.1) is 0 Å². The summed E-state index contributed by atoms with van der Waals surface area (Å²) in [7, 11) is 1.60. The molecule has 0 spiro atoms. The van der Waals surface area contributed by atoms with Crippen LogP contribution in [0.2, 0.25) is 0 Å². The van der Waals surface area contributed by atoms with Gasteiger partial charge in [-0.05, 0) is 42.8 Å². The maximum Gasteiger partial charge on any atom is 0.255 e. The number of rotatable bonds is 4. The van der Waals surface area contributed by atoms with Crippen molar-refractivity contribution in [1.29, 1.82) is 0 Å². The Kier molecular flexibility index (Phi) is 4.57. The van der Waals surface area contributed by atoms with E-state index in [4.69, 9.17) is 4.74 Å². The molecular weight excluding hydrogens is 290 g/mol. The first-order chi connectivity index (χ1) is 11.3. The molecule has 2 aromatic carbocycles. The lowest BCUT2D eigenvalue weighted by Crippen LogP contribution is -2.31. The van der Waals surface area contributed by atoms with Crippen LogP contribution in [0, 0.1) is 0 Å². The Hall–Kier alpha value is -2.82. The molecule has 1 amide bonds. The monoisotopic (exact) mass is 309 g/mol. The van der Waals surface area contributed by atoms with Crippen LogP contribution in [0.1, 0.15) is 22.3 Å². The number of amides is 1. The van der Waals surface area contributed by atoms with Crippen LogP contribution in [0.3, 0.4) is 0 Å². The van der Waals surface area contributed by atoms with Gasteiger partial charge in [0.05, 0.1) is 12.8 Å². The number of carbonyl (C=O) groups excluding carboxylic acids is 1. The van der Waals surface area contributed by atoms with Crippen molar-refractivity contribution in [2.75, 3.05) is 25.5 Å². The Morgan fingerprint density at radius 3 is 2.65 bits per heavy atom. The number of hydrogen-bond donors (Lipinski definition) is 2. The largest absolute Gasteiger partial charge is 0.497 e. The molecule has 5 nitrogen and oxygen atoms in total. The molecule has 0 radical (unpaired) electrons. The zero-order valence-electron chi connectivity index (χ0n) is 13.0. The summed E-state index contributed by atoms with van der Waals surface area (Å²) in [6.07, 6.45) is 1.03. The Morgan fingerprint density at radius 1 is 1.17 bits per heavy atom. The summed E-state index contributed by atoms with van der Waals surface area (Å²) in [6, 6.07) is 14.7. The number of nitrogens with zero attached hydrogens (tertiary/aromatic N) is 1. The predicted molar refractivity (Wildman–Crippen MR) is 91.4 cm³/mol. The van der Waals surface area contributed by atoms with Gasteiger partial charge in [-0.1, -0.05) is 12.1 Å². The lowest BCUT2D eigenvalue weighted by molar-refractivity contribution is 0.102. The molecule has 3 rings (SSSR count). The summed E-state index contributed by atoms with van der Waals surface area (Å²) >= 11 is 0. The highest BCUT2D eigenvalue weighted by Gasteiger charge is 2.14. The maximum absolute atomic E-state index is 12.4. The van der Waals surface area contributed by atoms with E-state index < -0.39 is 0 Å². The number of nitrogens with one attached hydrogen (secondary N) is 2. The molecule has 0 aromatic heterocycles. The fourth-order valence-electron chi connectivity index (χ4n) is 2.45. The van der Waals surface area contributed by atoms with E-state index in [1.807, 2.05) is 24.3 Å². The normalized spacial score (nSPS) is 13.7. The second kappa shape index (κ2) is 6.96. The molecule has 0 saturated heterocycles. The van der Waals surface area contributed by atoms with Crippen molar-refractivity contribution in [3.8, 4) is 5.75 Å². The van der Waals surface area contributed by atoms with E-state index in [0.717, 1.165) is 42.3 Å². The molecule has 1 aliphatic heterocycles. The minimum atomic E-state index is -0.156. The smallest absolute Gasteiger partial charge is 0.255 e. The van der Waals surface area contributed by atoms with Gasteiger partial charge in [0.1, 0.15) is 11.6 Å². The molecular formula is C18H19N3O2. The third-order valence-corrected chi connectivity index (χ3v) is 3.68. The van der Waals surface area contributed by atoms with E-state index in [1.165, 1.54) is 0 Å². The lowest BCUT2D eigenvalue weighted by Gasteiger charge is -2.18. The highest BCUT2D eigenvalue weighted by atomic mass is 16.5. The predicted octanol–water partition coefficient (Wildman–Crippen LogP) is 2.69. The van der Waals surface area contributed by atoms with E-state index in [2.05, 4.69) is 15.6 Å². The molecule has 0 unspecified atom stereocenters. The van der Waals surface area contributed by atoms with Crippen LogP contribution < -0.4 is 15.4 Å². The van der Waals surface area contributed by atoms with Crippen molar-refractivity contribution < 1.29 is 9.53 Å². The highest BCUT2D eigenvalue weighted by molar-refractivity contribution is 6.10. The van der Waals surface area contributed by atoms with Gasteiger partial charge in [0.15, 0.2) is 0 Å². The second-order valence-electron chi connectivity index (χ2n) is 5.24. The van der Waals surface area contributed by atoms with E-state index >= 15 is 0 Å². The zero-order chi connectivity index (χ0) is 16.1. The topological polar surface area (TPSA) is 62.7 Å². The van der Waals surface area contributed by atoms with Crippen LogP contribution in [0.5, 0.6) is 5.75 Å². The van der Waals surface area contributed by atoms with Gasteiger partial charge in [-0.3, -0.25) is 9.79 Å². The Balaban J connectivity index is 1.82. The average Bonchev–Trinajstić information content (AvgIpc) is 2.63. The summed E-state index contributed by atoms with van der Waals surface area (Å²) in [5.41, 5.74) is 2.25. The van der Waals surface area contributed by atoms with Crippen LogP contribution >= 0.6 is 0 Å². The van der Waals surface area contributed by atoms with Crippen molar-refractivity contribution in [1.82, 2.24) is 5.32 Å². The van der Waals surface area contributed by atoms with Gasteiger partial charge in [-0.2, -0.15) is 0 Å². The molecule has 0 bridgehead atoms. The van der Waals surface area contributed by atoms with Gasteiger partial charge in [-0.25, -0.2) is 0 Å². The van der Waals surface area contributed by atoms with E-state index in [9.17, 15) is 4.79 Å². The molecule has 0 aliphatic carbocycles. The number of para-hydroxylation sites is 1. The first-order valence-electron chi connectivity index (χ1n) is 7.61. The summed E-state index contributed by atoms with van der Waals surface area (Å²) < 4.78 is 5.11. The van der Waals surface area contributed by atoms with Crippen molar-refractivity contribution in [3.05, 3.63) is 59.7 Å². The zero-order valence-corrected chi connectivity index (χ0v) is 13.0. The minimum Gasteiger partial charge on any atom is -0.497 e. The standard InChI is InChI=1S/C18H19N3O2/c1-23-14-9-7-13(8-10-14)18(22)21-16-6-3-2-5-15(16)17-19-11-4-12-20-17/h2-3,5-10H,4,11-12H2,1H3,(H,19,20)(H,21,22). The average molecular weight is 309 g/mol. The van der Waals surface area contributed by atoms with Crippen molar-refractivity contribution in [3.63, 3.8) is 0 Å². The molecule has 118 valence electrons. The number of methoxy groups -OCH3 is 1. The van der Waals surface area contributed by atoms with Crippen LogP contribution in [0.4, 0.5) is 5.69 Å². The van der Waals surface area contributed by atoms with Crippen LogP contribution in [-0.4, -0.2) is 31.9 Å². The van der Waals surface area contributed by atoms with Gasteiger partial charge >= 0.3 is 0 Å². The molecule has 5 heteroatoms. The van der Waals surface area contributed by atoms with Crippen LogP contribution in [0.15, 0.2) is 53.5 Å². The number of hydrogen-bond acceptors (Lipinski definition) is 4. The molecule has 1 aliphatic rings. The number of benzene rings is 2. The molecule has 23 heavy (non-hydrogen) atoms. The summed E-state index contributed by atoms with van der Waals surface area (Å²) in [6.45, 7) is 1.71. The summed E-state index contributed by atoms with van der Waals surface area (Å²) in [5.74, 6) is 1.40. The molecule has 2 N–H and O–H groups in total. The van der Waals surface area contributed by atoms with E-state index in [-0.39, 0.29) is 5.91 Å². The van der Waals surface area contributed by atoms with Gasteiger partial charge in [0, 0.05) is 24.2 Å². The quantitative estimate of drug-likeness (QED) is 0.913. The lowest BCUT2D eigenvalue weighted by atomic mass is 10.1. The summed E-state index contributed by atoms with van der Waals surface area (Å²) in [4.78, 5) is 16.9. The second-order valence-corrected chi connectivity index (χ2v) is 5.24. The van der Waals surface area contributed by atoms with Crippen LogP contribution in [-0.2, 0) is 0 Å². The number of ether oxygens (including phenoxy) is 1. The Morgan fingerprint density at radius 2 is 1.96 bits per heavy atom. The molecule has 1 heterocycles. The molecule has 0 fully saturated rings. The number of carbonyl (C=O) groups is 1. The summed E-state index contributed by atoms with van der Waals surface area (Å²) in [5, 5.41) is 6.25. The van der Waals surface area contributed by atoms with Crippen molar-refractivity contribution >= 4 is 17.4 Å². The third kappa shape index (κ3) is 3.51. The SMILES string of the molecule is COc1ccc(C(=O)Nc2ccccc2C2=NCCCN2)cc1. The van der Waals surface area contributed by atoms with Gasteiger partial charge in [0.2, 0.25) is 0 Å². The van der Waals surface area contributed by atoms with Crippen LogP contribution in [0.25, 0.3) is 0 Å². The number of aliphatic imine (C=N–C) groups is 1. The number of amidine groups is 1. The maximum atomic E-state index is 12.4. The third-order valence-electron chi connectivity index (χ3n) is 3.68. The molecule has 2 aromatic rings. The fraction of sp³-hybridized carbons (Fsp3) is 0.222. The fourth-order valence-corrected chi connectivity index (χ4v) is 2.45. The number of anilines is 1. The highest BCUT2D eigenvalue weighted by Crippen LogP contribution is 2.18. The minimum absolute atomic E-state index is 0.156. The first kappa shape index (κ1) is 15.1. The van der Waals surface area contributed by atoms with Crippen molar-refractivity contribution in [2.24, 2.45) is 4.99 Å². The Labute approximate surface area is 135 Å². The Bertz CT molecular complexity index is 723. The van der Waals surface area contributed by atoms with Gasteiger partial charge in [0.25, 0.3) is 5.91 Å². The first-order valence-corrected chi connectivity index (χ1v) is 7.61. The van der Waals surface area contributed by atoms with Gasteiger partial charge < -0.3 is 15.4 Å². The molecule has 0 atom stereocenters. The molecule has 0 saturated carbocycles.